The van der Waals surface area contributed by atoms with Crippen LogP contribution in [0.5, 0.6) is 0 Å². The lowest BCUT2D eigenvalue weighted by molar-refractivity contribution is -0.147. The van der Waals surface area contributed by atoms with Gasteiger partial charge in [0.1, 0.15) is 11.6 Å². The van der Waals surface area contributed by atoms with Crippen molar-refractivity contribution in [1.82, 2.24) is 19.8 Å². The molecule has 2 fully saturated rings. The summed E-state index contributed by atoms with van der Waals surface area (Å²) in [4.78, 5) is 44.7. The number of carbonyl (C=O) groups is 3. The Morgan fingerprint density at radius 2 is 1.80 bits per heavy atom. The third-order valence-electron chi connectivity index (χ3n) is 8.81. The van der Waals surface area contributed by atoms with Crippen LogP contribution in [0.25, 0.3) is 0 Å². The second-order valence-corrected chi connectivity index (χ2v) is 14.0. The van der Waals surface area contributed by atoms with Crippen molar-refractivity contribution in [3.63, 3.8) is 0 Å². The molecule has 2 saturated heterocycles. The van der Waals surface area contributed by atoms with Gasteiger partial charge in [-0.1, -0.05) is 54.9 Å². The van der Waals surface area contributed by atoms with Gasteiger partial charge in [0.2, 0.25) is 27.7 Å². The normalized spacial score (nSPS) is 18.8. The predicted octanol–water partition coefficient (Wildman–Crippen LogP) is 2.70. The van der Waals surface area contributed by atoms with Crippen molar-refractivity contribution >= 4 is 39.3 Å². The van der Waals surface area contributed by atoms with Crippen LogP contribution in [0.1, 0.15) is 62.1 Å². The van der Waals surface area contributed by atoms with Gasteiger partial charge in [-0.25, -0.2) is 8.42 Å². The molecule has 0 bridgehead atoms. The minimum Gasteiger partial charge on any atom is -0.381 e. The first-order valence-corrected chi connectivity index (χ1v) is 17.5. The fraction of sp³-hybridized carbons (Fsp3) is 0.531. The van der Waals surface area contributed by atoms with Gasteiger partial charge in [0.05, 0.1) is 12.2 Å². The number of rotatable bonds is 13. The number of ether oxygens (including phenoxy) is 1. The maximum absolute atomic E-state index is 14.5. The van der Waals surface area contributed by atoms with E-state index in [0.717, 1.165) is 11.1 Å². The van der Waals surface area contributed by atoms with Gasteiger partial charge in [-0.05, 0) is 60.9 Å². The van der Waals surface area contributed by atoms with Crippen molar-refractivity contribution in [2.45, 2.75) is 81.9 Å². The third-order valence-corrected chi connectivity index (χ3v) is 10.5. The predicted molar refractivity (Wildman–Crippen MR) is 172 cm³/mol. The summed E-state index contributed by atoms with van der Waals surface area (Å²) in [6.07, 6.45) is 1.91. The van der Waals surface area contributed by atoms with E-state index in [4.69, 9.17) is 22.1 Å². The lowest BCUT2D eigenvalue weighted by Gasteiger charge is -2.39. The summed E-state index contributed by atoms with van der Waals surface area (Å²) in [5.41, 5.74) is 6.23. The zero-order valence-electron chi connectivity index (χ0n) is 26.0. The fourth-order valence-electron chi connectivity index (χ4n) is 6.11. The molecule has 0 saturated carbocycles. The lowest BCUT2D eigenvalue weighted by Crippen LogP contribution is -2.63. The molecule has 11 nitrogen and oxygen atoms in total. The van der Waals surface area contributed by atoms with Gasteiger partial charge in [-0.3, -0.25) is 14.4 Å². The van der Waals surface area contributed by atoms with Gasteiger partial charge >= 0.3 is 0 Å². The van der Waals surface area contributed by atoms with E-state index in [0.29, 0.717) is 49.5 Å². The average molecular weight is 662 g/mol. The van der Waals surface area contributed by atoms with Crippen molar-refractivity contribution in [3.8, 4) is 0 Å². The molecule has 45 heavy (non-hydrogen) atoms. The number of likely N-dealkylation sites (tertiary alicyclic amines) is 1. The largest absolute Gasteiger partial charge is 0.381 e. The molecule has 2 aromatic rings. The van der Waals surface area contributed by atoms with Gasteiger partial charge < -0.3 is 25.6 Å². The van der Waals surface area contributed by atoms with E-state index in [9.17, 15) is 22.8 Å². The van der Waals surface area contributed by atoms with Crippen LogP contribution in [0.3, 0.4) is 0 Å². The molecule has 4 N–H and O–H groups in total. The van der Waals surface area contributed by atoms with Gasteiger partial charge in [0.25, 0.3) is 0 Å². The van der Waals surface area contributed by atoms with Crippen LogP contribution in [0, 0.1) is 0 Å². The Bertz CT molecular complexity index is 1450. The van der Waals surface area contributed by atoms with Crippen LogP contribution >= 0.6 is 11.6 Å². The Kier molecular flexibility index (Phi) is 12.0. The summed E-state index contributed by atoms with van der Waals surface area (Å²) in [7, 11) is -2.40. The smallest absolute Gasteiger partial charge is 0.245 e. The van der Waals surface area contributed by atoms with Crippen LogP contribution in [-0.4, -0.2) is 80.4 Å². The van der Waals surface area contributed by atoms with Crippen molar-refractivity contribution < 1.29 is 27.5 Å². The van der Waals surface area contributed by atoms with Gasteiger partial charge in [0.15, 0.2) is 0 Å². The minimum atomic E-state index is -4.08. The Hall–Kier alpha value is -3.03. The van der Waals surface area contributed by atoms with E-state index in [1.165, 1.54) is 4.90 Å². The standard InChI is InChI=1S/C32H44ClN5O6S/c1-3-32(19-29(39)37(2)27-13-16-44-17-14-27,36-45(42,43)22-23-8-5-4-6-9-23)31(41)38-15-7-10-28(38)30(40)35-21-25-18-26(33)12-11-24(25)20-34/h4-6,8-9,11-12,18,27-28,36H,3,7,10,13-17,19-22,34H2,1-2H3,(H,35,40). The first-order chi connectivity index (χ1) is 21.5. The molecular weight excluding hydrogens is 618 g/mol. The summed E-state index contributed by atoms with van der Waals surface area (Å²) < 4.78 is 35.3. The van der Waals surface area contributed by atoms with Crippen LogP contribution in [-0.2, 0) is 48.0 Å². The molecule has 2 atom stereocenters. The van der Waals surface area contributed by atoms with E-state index < -0.39 is 27.5 Å². The van der Waals surface area contributed by atoms with Gasteiger partial charge in [0, 0.05) is 51.0 Å². The highest BCUT2D eigenvalue weighted by Crippen LogP contribution is 2.29. The van der Waals surface area contributed by atoms with Crippen LogP contribution in [0.2, 0.25) is 5.02 Å². The molecule has 2 aliphatic rings. The number of amides is 3. The summed E-state index contributed by atoms with van der Waals surface area (Å²) in [5, 5.41) is 3.42. The maximum Gasteiger partial charge on any atom is 0.245 e. The molecular formula is C32H44ClN5O6S. The second-order valence-electron chi connectivity index (χ2n) is 11.8. The summed E-state index contributed by atoms with van der Waals surface area (Å²) >= 11 is 6.16. The van der Waals surface area contributed by atoms with Crippen molar-refractivity contribution in [1.29, 1.82) is 0 Å². The highest BCUT2D eigenvalue weighted by atomic mass is 35.5. The number of halogens is 1. The Morgan fingerprint density at radius 3 is 2.47 bits per heavy atom. The quantitative estimate of drug-likeness (QED) is 0.299. The third kappa shape index (κ3) is 8.82. The zero-order chi connectivity index (χ0) is 32.6. The number of benzene rings is 2. The second kappa shape index (κ2) is 15.5. The molecule has 0 aliphatic carbocycles. The number of hydrogen-bond donors (Lipinski definition) is 3. The van der Waals surface area contributed by atoms with Crippen molar-refractivity contribution in [2.75, 3.05) is 26.8 Å². The Morgan fingerprint density at radius 1 is 1.09 bits per heavy atom. The first kappa shape index (κ1) is 34.8. The van der Waals surface area contributed by atoms with Gasteiger partial charge in [-0.2, -0.15) is 4.72 Å². The lowest BCUT2D eigenvalue weighted by atomic mass is 9.89. The molecule has 4 rings (SSSR count). The molecule has 2 heterocycles. The molecule has 0 radical (unpaired) electrons. The number of nitrogens with two attached hydrogens (primary N) is 1. The van der Waals surface area contributed by atoms with E-state index in [2.05, 4.69) is 10.0 Å². The number of sulfonamides is 1. The fourth-order valence-corrected chi connectivity index (χ4v) is 7.90. The molecule has 2 unspecified atom stereocenters. The van der Waals surface area contributed by atoms with Crippen LogP contribution < -0.4 is 15.8 Å². The Labute approximate surface area is 270 Å². The van der Waals surface area contributed by atoms with Crippen molar-refractivity contribution in [3.05, 3.63) is 70.2 Å². The summed E-state index contributed by atoms with van der Waals surface area (Å²) in [6, 6.07) is 13.0. The SMILES string of the molecule is CCC(CC(=O)N(C)C1CCOCC1)(NS(=O)(=O)Cc1ccccc1)C(=O)N1CCCC1C(=O)NCc1cc(Cl)ccc1CN. The van der Waals surface area contributed by atoms with Gasteiger partial charge in [-0.15, -0.1) is 0 Å². The first-order valence-electron chi connectivity index (χ1n) is 15.4. The minimum absolute atomic E-state index is 0.0143. The summed E-state index contributed by atoms with van der Waals surface area (Å²) in [5.74, 6) is -1.67. The maximum atomic E-state index is 14.5. The highest BCUT2D eigenvalue weighted by Gasteiger charge is 2.49. The van der Waals surface area contributed by atoms with Crippen molar-refractivity contribution in [2.24, 2.45) is 5.73 Å². The number of nitrogens with one attached hydrogen (secondary N) is 2. The molecule has 246 valence electrons. The van der Waals surface area contributed by atoms with Crippen LogP contribution in [0.4, 0.5) is 0 Å². The summed E-state index contributed by atoms with van der Waals surface area (Å²) in [6.45, 7) is 3.43. The zero-order valence-corrected chi connectivity index (χ0v) is 27.5. The van der Waals surface area contributed by atoms with Crippen LogP contribution in [0.15, 0.2) is 48.5 Å². The average Bonchev–Trinajstić information content (AvgIpc) is 3.53. The Balaban J connectivity index is 1.59. The topological polar surface area (TPSA) is 151 Å². The molecule has 3 amide bonds. The number of hydrogen-bond acceptors (Lipinski definition) is 7. The van der Waals surface area contributed by atoms with E-state index in [1.54, 1.807) is 67.4 Å². The molecule has 13 heteroatoms. The van der Waals surface area contributed by atoms with E-state index in [-0.39, 0.29) is 56.1 Å². The highest BCUT2D eigenvalue weighted by molar-refractivity contribution is 7.88. The molecule has 2 aliphatic heterocycles. The molecule has 0 aromatic heterocycles. The number of carbonyl (C=O) groups excluding carboxylic acids is 3. The number of nitrogens with zero attached hydrogens (tertiary/aromatic N) is 2. The van der Waals surface area contributed by atoms with E-state index >= 15 is 0 Å². The molecule has 0 spiro atoms. The molecule has 2 aromatic carbocycles. The van der Waals surface area contributed by atoms with E-state index in [1.807, 2.05) is 0 Å². The monoisotopic (exact) mass is 661 g/mol.